The van der Waals surface area contributed by atoms with Gasteiger partial charge in [-0.1, -0.05) is 42.5 Å². The molecule has 5 heteroatoms. The van der Waals surface area contributed by atoms with Crippen LogP contribution in [0.1, 0.15) is 17.0 Å². The molecule has 1 aliphatic heterocycles. The second kappa shape index (κ2) is 4.72. The Labute approximate surface area is 125 Å². The van der Waals surface area contributed by atoms with Crippen molar-refractivity contribution in [3.8, 4) is 0 Å². The van der Waals surface area contributed by atoms with E-state index in [1.165, 1.54) is 11.8 Å². The summed E-state index contributed by atoms with van der Waals surface area (Å²) in [5.41, 5.74) is 2.23. The molecule has 0 fully saturated rings. The van der Waals surface area contributed by atoms with Crippen LogP contribution in [-0.2, 0) is 0 Å². The molecule has 0 bridgehead atoms. The monoisotopic (exact) mass is 296 g/mol. The van der Waals surface area contributed by atoms with Gasteiger partial charge in [0.2, 0.25) is 5.52 Å². The van der Waals surface area contributed by atoms with Crippen LogP contribution >= 0.6 is 11.8 Å². The van der Waals surface area contributed by atoms with E-state index in [1.807, 2.05) is 54.6 Å². The van der Waals surface area contributed by atoms with Gasteiger partial charge in [0.05, 0.1) is 5.25 Å². The number of H-pyrrole nitrogens is 1. The Morgan fingerprint density at radius 3 is 2.57 bits per heavy atom. The molecule has 1 N–H and O–H groups in total. The summed E-state index contributed by atoms with van der Waals surface area (Å²) in [4.78, 5) is 15.1. The highest BCUT2D eigenvalue weighted by atomic mass is 32.2. The fourth-order valence-corrected chi connectivity index (χ4v) is 3.98. The number of nitrogens with zero attached hydrogens (tertiary/aromatic N) is 1. The lowest BCUT2D eigenvalue weighted by Crippen LogP contribution is -2.49. The minimum Gasteiger partial charge on any atom is -0.797 e. The van der Waals surface area contributed by atoms with Crippen LogP contribution in [0.15, 0.2) is 64.4 Å². The first-order valence-corrected chi connectivity index (χ1v) is 7.57. The number of para-hydroxylation sites is 2. The zero-order valence-corrected chi connectivity index (χ0v) is 11.8. The van der Waals surface area contributed by atoms with Crippen LogP contribution in [0, 0.1) is 0 Å². The fourth-order valence-electron chi connectivity index (χ4n) is 2.74. The molecule has 0 saturated heterocycles. The molecule has 0 aliphatic carbocycles. The molecule has 2 unspecified atom stereocenters. The number of aromatic nitrogens is 2. The smallest absolute Gasteiger partial charge is 0.327 e. The summed E-state index contributed by atoms with van der Waals surface area (Å²) in [6, 6.07) is 17.0. The maximum absolute atomic E-state index is 12.8. The summed E-state index contributed by atoms with van der Waals surface area (Å²) >= 11 is 1.35. The van der Waals surface area contributed by atoms with E-state index in [1.54, 1.807) is 4.57 Å². The third-order valence-corrected chi connectivity index (χ3v) is 5.07. The molecule has 21 heavy (non-hydrogen) atoms. The predicted molar refractivity (Wildman–Crippen MR) is 78.8 cm³/mol. The number of aromatic amines is 1. The van der Waals surface area contributed by atoms with Gasteiger partial charge in [-0.15, -0.1) is 0 Å². The number of thioether (sulfide) groups is 1. The van der Waals surface area contributed by atoms with E-state index in [-0.39, 0.29) is 10.8 Å². The van der Waals surface area contributed by atoms with Crippen molar-refractivity contribution in [1.29, 1.82) is 0 Å². The highest BCUT2D eigenvalue weighted by molar-refractivity contribution is 7.99. The van der Waals surface area contributed by atoms with Crippen LogP contribution in [-0.4, -0.2) is 4.98 Å². The third kappa shape index (κ3) is 1.89. The van der Waals surface area contributed by atoms with Crippen LogP contribution < -0.4 is 15.2 Å². The van der Waals surface area contributed by atoms with E-state index in [4.69, 9.17) is 0 Å². The number of rotatable bonds is 1. The highest BCUT2D eigenvalue weighted by Crippen LogP contribution is 2.42. The normalized spacial score (nSPS) is 20.6. The first-order chi connectivity index (χ1) is 10.3. The lowest BCUT2D eigenvalue weighted by atomic mass is 10.1. The van der Waals surface area contributed by atoms with Crippen molar-refractivity contribution in [3.63, 3.8) is 0 Å². The van der Waals surface area contributed by atoms with E-state index in [2.05, 4.69) is 4.98 Å². The summed E-state index contributed by atoms with van der Waals surface area (Å²) in [5, 5.41) is 13.0. The van der Waals surface area contributed by atoms with Gasteiger partial charge in [-0.25, -0.2) is 0 Å². The maximum Gasteiger partial charge on any atom is 0.327 e. The molecule has 4 rings (SSSR count). The van der Waals surface area contributed by atoms with Gasteiger partial charge < -0.3 is 10.1 Å². The Hall–Kier alpha value is -2.11. The van der Waals surface area contributed by atoms with Gasteiger partial charge in [0.25, 0.3) is 0 Å². The number of benzene rings is 2. The SMILES string of the molecule is O=c1[nH]c2ccccc2[n+]2c1SC(c1ccccc1)C2[O-]. The van der Waals surface area contributed by atoms with Gasteiger partial charge in [-0.3, -0.25) is 4.79 Å². The maximum atomic E-state index is 12.8. The van der Waals surface area contributed by atoms with Gasteiger partial charge >= 0.3 is 10.6 Å². The largest absolute Gasteiger partial charge is 0.797 e. The summed E-state index contributed by atoms with van der Waals surface area (Å²) in [5.74, 6) is 0. The van der Waals surface area contributed by atoms with Gasteiger partial charge in [-0.05, 0) is 23.4 Å². The molecule has 2 aromatic carbocycles. The minimum atomic E-state index is -1.00. The average Bonchev–Trinajstić information content (AvgIpc) is 2.87. The predicted octanol–water partition coefficient (Wildman–Crippen LogP) is 1.52. The average molecular weight is 296 g/mol. The molecule has 3 aromatic rings. The van der Waals surface area contributed by atoms with Gasteiger partial charge in [0.15, 0.2) is 0 Å². The summed E-state index contributed by atoms with van der Waals surface area (Å²) < 4.78 is 1.62. The van der Waals surface area contributed by atoms with E-state index < -0.39 is 6.23 Å². The Balaban J connectivity index is 1.93. The van der Waals surface area contributed by atoms with Crippen molar-refractivity contribution in [3.05, 3.63) is 70.5 Å². The molecule has 0 spiro atoms. The first-order valence-electron chi connectivity index (χ1n) is 6.70. The number of nitrogens with one attached hydrogen (secondary N) is 1. The van der Waals surface area contributed by atoms with Crippen LogP contribution in [0.3, 0.4) is 0 Å². The molecule has 104 valence electrons. The van der Waals surface area contributed by atoms with Gasteiger partial charge in [0, 0.05) is 6.07 Å². The molecule has 4 nitrogen and oxygen atoms in total. The second-order valence-electron chi connectivity index (χ2n) is 4.99. The van der Waals surface area contributed by atoms with Crippen molar-refractivity contribution in [2.24, 2.45) is 0 Å². The van der Waals surface area contributed by atoms with Crippen molar-refractivity contribution < 1.29 is 9.67 Å². The molecule has 1 aliphatic rings. The Bertz CT molecular complexity index is 876. The van der Waals surface area contributed by atoms with Crippen molar-refractivity contribution in [2.45, 2.75) is 16.5 Å². The number of hydrogen-bond donors (Lipinski definition) is 1. The highest BCUT2D eigenvalue weighted by Gasteiger charge is 2.38. The number of fused-ring (bicyclic) bond motifs is 3. The molecule has 2 atom stereocenters. The van der Waals surface area contributed by atoms with Crippen LogP contribution in [0.5, 0.6) is 0 Å². The van der Waals surface area contributed by atoms with Crippen LogP contribution in [0.25, 0.3) is 11.0 Å². The summed E-state index contributed by atoms with van der Waals surface area (Å²) in [6.07, 6.45) is -1.00. The van der Waals surface area contributed by atoms with Gasteiger partial charge in [-0.2, -0.15) is 4.57 Å². The summed E-state index contributed by atoms with van der Waals surface area (Å²) in [6.45, 7) is 0. The molecular weight excluding hydrogens is 284 g/mol. The van der Waals surface area contributed by atoms with Crippen LogP contribution in [0.4, 0.5) is 0 Å². The Morgan fingerprint density at radius 1 is 1.05 bits per heavy atom. The lowest BCUT2D eigenvalue weighted by molar-refractivity contribution is -0.850. The summed E-state index contributed by atoms with van der Waals surface area (Å²) in [7, 11) is 0. The molecule has 0 radical (unpaired) electrons. The van der Waals surface area contributed by atoms with Crippen molar-refractivity contribution >= 4 is 22.8 Å². The standard InChI is InChI=1S/C16H12N2O2S/c19-14-16-18(12-9-5-4-8-11(12)17-14)15(20)13(21-16)10-6-2-1-3-7-10/h1-9,13,15H,(H,17,19). The molecule has 0 saturated carbocycles. The van der Waals surface area contributed by atoms with Crippen LogP contribution in [0.2, 0.25) is 0 Å². The fraction of sp³-hybridized carbons (Fsp3) is 0.125. The molecular formula is C16H12N2O2S. The third-order valence-electron chi connectivity index (χ3n) is 3.71. The second-order valence-corrected chi connectivity index (χ2v) is 6.12. The Morgan fingerprint density at radius 2 is 1.76 bits per heavy atom. The lowest BCUT2D eigenvalue weighted by Gasteiger charge is -2.18. The van der Waals surface area contributed by atoms with E-state index >= 15 is 0 Å². The molecule has 2 heterocycles. The molecule has 0 amide bonds. The quantitative estimate of drug-likeness (QED) is 0.693. The Kier molecular flexibility index (Phi) is 2.83. The first kappa shape index (κ1) is 12.6. The van der Waals surface area contributed by atoms with E-state index in [9.17, 15) is 9.90 Å². The van der Waals surface area contributed by atoms with E-state index in [0.29, 0.717) is 10.5 Å². The zero-order valence-electron chi connectivity index (χ0n) is 11.0. The topological polar surface area (TPSA) is 59.8 Å². The number of hydrogen-bond acceptors (Lipinski definition) is 3. The van der Waals surface area contributed by atoms with Gasteiger partial charge in [0.1, 0.15) is 11.7 Å². The minimum absolute atomic E-state index is 0.196. The zero-order chi connectivity index (χ0) is 14.4. The van der Waals surface area contributed by atoms with Crippen molar-refractivity contribution in [1.82, 2.24) is 4.98 Å². The molecule has 1 aromatic heterocycles. The van der Waals surface area contributed by atoms with E-state index in [0.717, 1.165) is 11.1 Å². The van der Waals surface area contributed by atoms with Crippen molar-refractivity contribution in [2.75, 3.05) is 0 Å².